The van der Waals surface area contributed by atoms with Crippen LogP contribution < -0.4 is 15.4 Å². The van der Waals surface area contributed by atoms with E-state index in [1.54, 1.807) is 31.4 Å². The zero-order chi connectivity index (χ0) is 26.5. The Kier molecular flexibility index (Phi) is 5.91. The number of H-pyrrole nitrogens is 1. The lowest BCUT2D eigenvalue weighted by molar-refractivity contribution is -0.0119. The highest BCUT2D eigenvalue weighted by atomic mass is 16.5. The van der Waals surface area contributed by atoms with Crippen LogP contribution in [0.5, 0.6) is 5.75 Å². The number of amides is 2. The Morgan fingerprint density at radius 2 is 1.44 bits per heavy atom. The van der Waals surface area contributed by atoms with Gasteiger partial charge in [-0.1, -0.05) is 12.1 Å². The molecule has 0 unspecified atom stereocenters. The Hall–Kier alpha value is -4.06. The third kappa shape index (κ3) is 4.58. The van der Waals surface area contributed by atoms with Crippen LogP contribution in [0.15, 0.2) is 72.8 Å². The highest BCUT2D eigenvalue weighted by Crippen LogP contribution is 2.53. The monoisotopic (exact) mass is 519 g/mol. The van der Waals surface area contributed by atoms with Crippen molar-refractivity contribution < 1.29 is 14.3 Å². The van der Waals surface area contributed by atoms with Crippen molar-refractivity contribution in [2.24, 2.45) is 23.7 Å². The van der Waals surface area contributed by atoms with Gasteiger partial charge in [-0.25, -0.2) is 0 Å². The van der Waals surface area contributed by atoms with Crippen molar-refractivity contribution >= 4 is 28.4 Å². The number of aromatic amines is 1. The average Bonchev–Trinajstić information content (AvgIpc) is 3.38. The lowest BCUT2D eigenvalue weighted by atomic mass is 9.54. The van der Waals surface area contributed by atoms with Crippen LogP contribution in [0.1, 0.15) is 52.8 Å². The molecule has 3 aromatic carbocycles. The van der Waals surface area contributed by atoms with Gasteiger partial charge < -0.3 is 20.4 Å². The molecule has 4 aliphatic rings. The number of hydrogen-bond donors (Lipinski definition) is 3. The van der Waals surface area contributed by atoms with Crippen molar-refractivity contribution in [2.45, 2.75) is 38.1 Å². The molecule has 0 aliphatic heterocycles. The molecule has 198 valence electrons. The minimum atomic E-state index is -0.171. The van der Waals surface area contributed by atoms with E-state index >= 15 is 0 Å². The van der Waals surface area contributed by atoms with E-state index in [1.807, 2.05) is 42.5 Å². The predicted octanol–water partition coefficient (Wildman–Crippen LogP) is 6.65. The van der Waals surface area contributed by atoms with Gasteiger partial charge in [-0.2, -0.15) is 0 Å². The van der Waals surface area contributed by atoms with Gasteiger partial charge in [0.1, 0.15) is 5.75 Å². The van der Waals surface area contributed by atoms with Gasteiger partial charge in [0, 0.05) is 39.5 Å². The fraction of sp³-hybridized carbons (Fsp3) is 0.333. The Labute approximate surface area is 228 Å². The van der Waals surface area contributed by atoms with E-state index in [9.17, 15) is 9.59 Å². The zero-order valence-corrected chi connectivity index (χ0v) is 22.1. The third-order valence-electron chi connectivity index (χ3n) is 9.21. The summed E-state index contributed by atoms with van der Waals surface area (Å²) in [6, 6.07) is 23.1. The molecule has 1 aromatic heterocycles. The molecule has 8 rings (SSSR count). The minimum Gasteiger partial charge on any atom is -0.497 e. The third-order valence-corrected chi connectivity index (χ3v) is 9.21. The summed E-state index contributed by atoms with van der Waals surface area (Å²) in [4.78, 5) is 29.3. The quantitative estimate of drug-likeness (QED) is 0.267. The number of benzene rings is 3. The summed E-state index contributed by atoms with van der Waals surface area (Å²) in [7, 11) is 1.60. The number of aromatic nitrogens is 1. The molecule has 3 N–H and O–H groups in total. The summed E-state index contributed by atoms with van der Waals surface area (Å²) in [5.74, 6) is 3.71. The number of nitrogens with one attached hydrogen (secondary N) is 3. The average molecular weight is 520 g/mol. The number of hydrogen-bond acceptors (Lipinski definition) is 3. The number of carbonyl (C=O) groups excluding carboxylic acids is 2. The summed E-state index contributed by atoms with van der Waals surface area (Å²) in [6.45, 7) is 0. The van der Waals surface area contributed by atoms with E-state index in [-0.39, 0.29) is 11.8 Å². The zero-order valence-electron chi connectivity index (χ0n) is 22.1. The molecular formula is C33H33N3O3. The number of ether oxygens (including phenoxy) is 1. The molecule has 39 heavy (non-hydrogen) atoms. The molecule has 4 aliphatic carbocycles. The van der Waals surface area contributed by atoms with E-state index in [2.05, 4.69) is 21.7 Å². The summed E-state index contributed by atoms with van der Waals surface area (Å²) in [5, 5.41) is 7.38. The van der Waals surface area contributed by atoms with Crippen LogP contribution in [-0.2, 0) is 0 Å². The molecule has 0 saturated heterocycles. The first kappa shape index (κ1) is 24.0. The highest BCUT2D eigenvalue weighted by Gasteiger charge is 2.48. The molecule has 6 heteroatoms. The van der Waals surface area contributed by atoms with E-state index in [4.69, 9.17) is 4.74 Å². The summed E-state index contributed by atoms with van der Waals surface area (Å²) >= 11 is 0. The number of anilines is 1. The van der Waals surface area contributed by atoms with Crippen molar-refractivity contribution in [1.29, 1.82) is 0 Å². The van der Waals surface area contributed by atoms with E-state index in [0.29, 0.717) is 29.2 Å². The number of methoxy groups -OCH3 is 1. The fourth-order valence-corrected chi connectivity index (χ4v) is 7.50. The maximum atomic E-state index is 13.3. The number of rotatable bonds is 6. The Bertz CT molecular complexity index is 1510. The van der Waals surface area contributed by atoms with Crippen molar-refractivity contribution in [2.75, 3.05) is 12.4 Å². The van der Waals surface area contributed by atoms with Gasteiger partial charge in [0.25, 0.3) is 11.8 Å². The van der Waals surface area contributed by atoms with Gasteiger partial charge in [0.2, 0.25) is 0 Å². The van der Waals surface area contributed by atoms with Crippen molar-refractivity contribution in [1.82, 2.24) is 10.3 Å². The SMILES string of the molecule is COc1ccc(C(=O)Nc2ccc(-c3cc4cc(C(=O)NC5C6CC7CC(C6)CC5C7)ccc4[nH]3)cc2)cc1. The van der Waals surface area contributed by atoms with E-state index in [0.717, 1.165) is 45.2 Å². The molecule has 0 atom stereocenters. The van der Waals surface area contributed by atoms with Crippen LogP contribution in [0.2, 0.25) is 0 Å². The second-order valence-corrected chi connectivity index (χ2v) is 11.7. The van der Waals surface area contributed by atoms with Crippen LogP contribution in [0, 0.1) is 23.7 Å². The lowest BCUT2D eigenvalue weighted by Crippen LogP contribution is -2.55. The maximum Gasteiger partial charge on any atom is 0.255 e. The smallest absolute Gasteiger partial charge is 0.255 e. The predicted molar refractivity (Wildman–Crippen MR) is 153 cm³/mol. The summed E-state index contributed by atoms with van der Waals surface area (Å²) < 4.78 is 5.16. The highest BCUT2D eigenvalue weighted by molar-refractivity contribution is 6.04. The normalized spacial score (nSPS) is 25.0. The molecule has 1 heterocycles. The molecule has 4 aromatic rings. The summed E-state index contributed by atoms with van der Waals surface area (Å²) in [6.07, 6.45) is 6.59. The van der Waals surface area contributed by atoms with Gasteiger partial charge in [0.05, 0.1) is 7.11 Å². The van der Waals surface area contributed by atoms with Gasteiger partial charge in [-0.3, -0.25) is 9.59 Å². The summed E-state index contributed by atoms with van der Waals surface area (Å²) in [5.41, 5.74) is 4.98. The second-order valence-electron chi connectivity index (χ2n) is 11.7. The van der Waals surface area contributed by atoms with Gasteiger partial charge in [-0.15, -0.1) is 0 Å². The first-order chi connectivity index (χ1) is 19.0. The van der Waals surface area contributed by atoms with Gasteiger partial charge in [0.15, 0.2) is 0 Å². The standard InChI is InChI=1S/C33H33N3O3/c1-39-28-9-4-22(5-10-28)32(37)34-27-7-2-21(3-8-27)30-18-24-17-23(6-11-29(24)35-30)33(38)36-31-25-13-19-12-20(15-25)16-26(31)14-19/h2-11,17-20,25-26,31,35H,12-16H2,1H3,(H,34,37)(H,36,38). The molecule has 6 nitrogen and oxygen atoms in total. The molecule has 0 spiro atoms. The van der Waals surface area contributed by atoms with Crippen molar-refractivity contribution in [3.63, 3.8) is 0 Å². The van der Waals surface area contributed by atoms with Crippen LogP contribution in [-0.4, -0.2) is 29.9 Å². The molecule has 2 amide bonds. The van der Waals surface area contributed by atoms with Gasteiger partial charge in [-0.05, 0) is 122 Å². The Morgan fingerprint density at radius 1 is 0.769 bits per heavy atom. The Balaban J connectivity index is 1.03. The molecule has 4 bridgehead atoms. The van der Waals surface area contributed by atoms with Gasteiger partial charge >= 0.3 is 0 Å². The van der Waals surface area contributed by atoms with Crippen LogP contribution in [0.4, 0.5) is 5.69 Å². The topological polar surface area (TPSA) is 83.2 Å². The minimum absolute atomic E-state index is 0.0501. The molecular weight excluding hydrogens is 486 g/mol. The first-order valence-corrected chi connectivity index (χ1v) is 14.0. The molecule has 4 fully saturated rings. The fourth-order valence-electron chi connectivity index (χ4n) is 7.50. The largest absolute Gasteiger partial charge is 0.497 e. The van der Waals surface area contributed by atoms with Crippen LogP contribution in [0.25, 0.3) is 22.2 Å². The Morgan fingerprint density at radius 3 is 2.10 bits per heavy atom. The van der Waals surface area contributed by atoms with Crippen LogP contribution >= 0.6 is 0 Å². The van der Waals surface area contributed by atoms with E-state index in [1.165, 1.54) is 32.1 Å². The first-order valence-electron chi connectivity index (χ1n) is 14.0. The van der Waals surface area contributed by atoms with E-state index < -0.39 is 0 Å². The van der Waals surface area contributed by atoms with Crippen molar-refractivity contribution in [3.8, 4) is 17.0 Å². The second kappa shape index (κ2) is 9.60. The molecule has 0 radical (unpaired) electrons. The maximum absolute atomic E-state index is 13.3. The molecule has 4 saturated carbocycles. The van der Waals surface area contributed by atoms with Crippen molar-refractivity contribution in [3.05, 3.63) is 83.9 Å². The number of carbonyl (C=O) groups is 2. The lowest BCUT2D eigenvalue weighted by Gasteiger charge is -2.54. The number of fused-ring (bicyclic) bond motifs is 1. The van der Waals surface area contributed by atoms with Crippen LogP contribution in [0.3, 0.4) is 0 Å².